The van der Waals surface area contributed by atoms with Crippen molar-refractivity contribution in [3.8, 4) is 0 Å². The van der Waals surface area contributed by atoms with Gasteiger partial charge in [0.05, 0.1) is 0 Å². The molecule has 0 unspecified atom stereocenters. The van der Waals surface area contributed by atoms with Crippen molar-refractivity contribution >= 4 is 11.8 Å². The number of hydrogen-bond donors (Lipinski definition) is 0. The third-order valence-corrected chi connectivity index (χ3v) is 7.03. The Balaban J connectivity index is 2.45. The van der Waals surface area contributed by atoms with Gasteiger partial charge in [-0.25, -0.2) is 0 Å². The van der Waals surface area contributed by atoms with E-state index >= 15 is 0 Å². The van der Waals surface area contributed by atoms with E-state index in [2.05, 4.69) is 53.3 Å². The Morgan fingerprint density at radius 1 is 0.769 bits per heavy atom. The van der Waals surface area contributed by atoms with Gasteiger partial charge < -0.3 is 0 Å². The molecular weight excluding hydrogens is 176 g/mol. The molecule has 0 atom stereocenters. The molecule has 13 heavy (non-hydrogen) atoms. The van der Waals surface area contributed by atoms with Crippen LogP contribution in [0, 0.1) is 10.8 Å². The van der Waals surface area contributed by atoms with Gasteiger partial charge in [-0.2, -0.15) is 0 Å². The predicted molar refractivity (Wildman–Crippen MR) is 61.2 cm³/mol. The zero-order valence-corrected chi connectivity index (χ0v) is 10.6. The highest BCUT2D eigenvalue weighted by Crippen LogP contribution is 2.82. The van der Waals surface area contributed by atoms with Crippen molar-refractivity contribution in [2.24, 2.45) is 10.8 Å². The lowest BCUT2D eigenvalue weighted by atomic mass is 9.67. The first-order chi connectivity index (χ1) is 5.66. The molecule has 1 spiro atoms. The minimum atomic E-state index is 0.510. The highest BCUT2D eigenvalue weighted by Gasteiger charge is 2.77. The minimum absolute atomic E-state index is 0.510. The normalized spacial score (nSPS) is 36.5. The van der Waals surface area contributed by atoms with Crippen molar-refractivity contribution < 1.29 is 0 Å². The second-order valence-corrected chi connectivity index (χ2v) is 8.40. The van der Waals surface area contributed by atoms with Gasteiger partial charge in [-0.1, -0.05) is 27.7 Å². The first-order valence-electron chi connectivity index (χ1n) is 5.37. The van der Waals surface area contributed by atoms with Crippen LogP contribution >= 0.6 is 11.8 Å². The summed E-state index contributed by atoms with van der Waals surface area (Å²) in [6, 6.07) is 0. The maximum atomic E-state index is 2.46. The lowest BCUT2D eigenvalue weighted by Crippen LogP contribution is -2.42. The van der Waals surface area contributed by atoms with Crippen LogP contribution in [0.4, 0.5) is 0 Å². The monoisotopic (exact) mass is 198 g/mol. The predicted octanol–water partition coefficient (Wildman–Crippen LogP) is 4.10. The van der Waals surface area contributed by atoms with Crippen molar-refractivity contribution in [3.63, 3.8) is 0 Å². The molecule has 2 fully saturated rings. The molecule has 0 N–H and O–H groups in total. The van der Waals surface area contributed by atoms with Gasteiger partial charge >= 0.3 is 0 Å². The molecule has 1 saturated carbocycles. The molecule has 1 aliphatic heterocycles. The van der Waals surface area contributed by atoms with Crippen LogP contribution in [0.1, 0.15) is 54.4 Å². The zero-order valence-electron chi connectivity index (χ0n) is 9.82. The molecule has 0 radical (unpaired) electrons. The van der Waals surface area contributed by atoms with Crippen LogP contribution in [0.15, 0.2) is 0 Å². The van der Waals surface area contributed by atoms with Crippen LogP contribution in [-0.2, 0) is 0 Å². The molecule has 0 amide bonds. The second kappa shape index (κ2) is 2.13. The fraction of sp³-hybridized carbons (Fsp3) is 1.00. The third kappa shape index (κ3) is 0.900. The Morgan fingerprint density at radius 2 is 1.08 bits per heavy atom. The van der Waals surface area contributed by atoms with Crippen molar-refractivity contribution in [1.82, 2.24) is 0 Å². The SMILES string of the molecule is CC1(C)CCC(C)(C)C12SC2(C)C. The third-order valence-electron chi connectivity index (χ3n) is 4.50. The Kier molecular flexibility index (Phi) is 1.62. The molecule has 0 aromatic carbocycles. The lowest BCUT2D eigenvalue weighted by Gasteiger charge is -2.37. The van der Waals surface area contributed by atoms with Crippen molar-refractivity contribution in [1.29, 1.82) is 0 Å². The Bertz CT molecular complexity index is 232. The van der Waals surface area contributed by atoms with Crippen molar-refractivity contribution in [2.75, 3.05) is 0 Å². The number of thioether (sulfide) groups is 1. The smallest absolute Gasteiger partial charge is 0.0409 e. The van der Waals surface area contributed by atoms with Crippen LogP contribution in [-0.4, -0.2) is 9.49 Å². The Labute approximate surface area is 86.9 Å². The summed E-state index contributed by atoms with van der Waals surface area (Å²) in [5, 5.41) is 0. The minimum Gasteiger partial charge on any atom is -0.145 e. The standard InChI is InChI=1S/C12H22S/c1-9(2)7-8-10(3,4)12(9)11(5,6)13-12/h7-8H2,1-6H3. The molecular formula is C12H22S. The van der Waals surface area contributed by atoms with Crippen LogP contribution in [0.3, 0.4) is 0 Å². The Hall–Kier alpha value is 0.350. The topological polar surface area (TPSA) is 0 Å². The Morgan fingerprint density at radius 3 is 1.23 bits per heavy atom. The van der Waals surface area contributed by atoms with Crippen LogP contribution in [0.2, 0.25) is 0 Å². The van der Waals surface area contributed by atoms with Gasteiger partial charge in [-0.05, 0) is 37.5 Å². The fourth-order valence-corrected chi connectivity index (χ4v) is 6.18. The molecule has 1 saturated heterocycles. The quantitative estimate of drug-likeness (QED) is 0.528. The molecule has 1 aliphatic carbocycles. The van der Waals surface area contributed by atoms with E-state index < -0.39 is 0 Å². The largest absolute Gasteiger partial charge is 0.145 e. The molecule has 76 valence electrons. The maximum Gasteiger partial charge on any atom is 0.0409 e. The summed E-state index contributed by atoms with van der Waals surface area (Å²) in [5.41, 5.74) is 1.06. The van der Waals surface area contributed by atoms with Crippen molar-refractivity contribution in [3.05, 3.63) is 0 Å². The molecule has 0 bridgehead atoms. The van der Waals surface area contributed by atoms with E-state index in [1.54, 1.807) is 0 Å². The highest BCUT2D eigenvalue weighted by molar-refractivity contribution is 8.09. The summed E-state index contributed by atoms with van der Waals surface area (Å²) in [4.78, 5) is 0. The van der Waals surface area contributed by atoms with Gasteiger partial charge in [0.25, 0.3) is 0 Å². The molecule has 0 aromatic rings. The summed E-state index contributed by atoms with van der Waals surface area (Å²) < 4.78 is 1.06. The van der Waals surface area contributed by atoms with Crippen LogP contribution in [0.25, 0.3) is 0 Å². The molecule has 2 aliphatic rings. The van der Waals surface area contributed by atoms with Gasteiger partial charge in [-0.15, -0.1) is 11.8 Å². The van der Waals surface area contributed by atoms with Crippen molar-refractivity contribution in [2.45, 2.75) is 63.9 Å². The molecule has 2 rings (SSSR count). The summed E-state index contributed by atoms with van der Waals surface area (Å²) in [5.74, 6) is 0. The van der Waals surface area contributed by atoms with Gasteiger partial charge in [0.15, 0.2) is 0 Å². The van der Waals surface area contributed by atoms with Gasteiger partial charge in [0.2, 0.25) is 0 Å². The number of rotatable bonds is 0. The second-order valence-electron chi connectivity index (χ2n) is 6.56. The zero-order chi connectivity index (χ0) is 10.1. The first-order valence-corrected chi connectivity index (χ1v) is 6.18. The van der Waals surface area contributed by atoms with Gasteiger partial charge in [0, 0.05) is 9.49 Å². The van der Waals surface area contributed by atoms with E-state index in [0.29, 0.717) is 20.3 Å². The average molecular weight is 198 g/mol. The molecule has 1 heteroatoms. The molecule has 1 heterocycles. The summed E-state index contributed by atoms with van der Waals surface area (Å²) in [6.07, 6.45) is 2.80. The van der Waals surface area contributed by atoms with Crippen LogP contribution < -0.4 is 0 Å². The van der Waals surface area contributed by atoms with Crippen LogP contribution in [0.5, 0.6) is 0 Å². The van der Waals surface area contributed by atoms with E-state index in [1.807, 2.05) is 0 Å². The highest BCUT2D eigenvalue weighted by atomic mass is 32.2. The van der Waals surface area contributed by atoms with E-state index in [-0.39, 0.29) is 0 Å². The van der Waals surface area contributed by atoms with E-state index in [9.17, 15) is 0 Å². The molecule has 0 aromatic heterocycles. The maximum absolute atomic E-state index is 2.46. The van der Waals surface area contributed by atoms with Gasteiger partial charge in [-0.3, -0.25) is 0 Å². The van der Waals surface area contributed by atoms with E-state index in [0.717, 1.165) is 0 Å². The average Bonchev–Trinajstić information content (AvgIpc) is 2.48. The van der Waals surface area contributed by atoms with E-state index in [4.69, 9.17) is 0 Å². The fourth-order valence-electron chi connectivity index (χ4n) is 4.16. The van der Waals surface area contributed by atoms with Gasteiger partial charge in [0.1, 0.15) is 0 Å². The first kappa shape index (κ1) is 9.89. The summed E-state index contributed by atoms with van der Waals surface area (Å²) in [6.45, 7) is 14.7. The molecule has 0 nitrogen and oxygen atoms in total. The van der Waals surface area contributed by atoms with E-state index in [1.165, 1.54) is 12.8 Å². The lowest BCUT2D eigenvalue weighted by molar-refractivity contribution is 0.207. The summed E-state index contributed by atoms with van der Waals surface area (Å²) >= 11 is 2.22. The summed E-state index contributed by atoms with van der Waals surface area (Å²) in [7, 11) is 0. The number of hydrogen-bond acceptors (Lipinski definition) is 1.